The lowest BCUT2D eigenvalue weighted by Gasteiger charge is -2.34. The maximum Gasteiger partial charge on any atom is 0.00966 e. The van der Waals surface area contributed by atoms with E-state index in [9.17, 15) is 0 Å². The van der Waals surface area contributed by atoms with E-state index in [0.717, 1.165) is 11.8 Å². The van der Waals surface area contributed by atoms with Crippen LogP contribution < -0.4 is 5.32 Å². The molecule has 1 saturated carbocycles. The summed E-state index contributed by atoms with van der Waals surface area (Å²) >= 11 is 0. The molecule has 0 saturated heterocycles. The van der Waals surface area contributed by atoms with Gasteiger partial charge in [0.15, 0.2) is 0 Å². The molecule has 0 heterocycles. The minimum atomic E-state index is 0.270. The highest BCUT2D eigenvalue weighted by atomic mass is 14.9. The highest BCUT2D eigenvalue weighted by Gasteiger charge is 2.25. The van der Waals surface area contributed by atoms with Crippen molar-refractivity contribution in [2.75, 3.05) is 6.54 Å². The molecule has 0 aromatic carbocycles. The van der Waals surface area contributed by atoms with Gasteiger partial charge >= 0.3 is 0 Å². The quantitative estimate of drug-likeness (QED) is 0.463. The van der Waals surface area contributed by atoms with Crippen molar-refractivity contribution in [2.45, 2.75) is 84.1 Å². The lowest BCUT2D eigenvalue weighted by atomic mass is 9.76. The highest BCUT2D eigenvalue weighted by Crippen LogP contribution is 2.33. The van der Waals surface area contributed by atoms with Crippen LogP contribution in [0.15, 0.2) is 12.7 Å². The molecular weight excluding hydrogens is 230 g/mol. The molecule has 1 aliphatic rings. The fourth-order valence-electron chi connectivity index (χ4n) is 3.24. The Bertz CT molecular complexity index is 239. The van der Waals surface area contributed by atoms with Gasteiger partial charge in [-0.2, -0.15) is 0 Å². The van der Waals surface area contributed by atoms with E-state index in [0.29, 0.717) is 0 Å². The average Bonchev–Trinajstić information content (AvgIpc) is 2.36. The molecule has 1 aliphatic carbocycles. The fraction of sp³-hybridized carbons (Fsp3) is 0.889. The van der Waals surface area contributed by atoms with Crippen LogP contribution in [0.4, 0.5) is 0 Å². The van der Waals surface area contributed by atoms with Crippen LogP contribution in [0.3, 0.4) is 0 Å². The van der Waals surface area contributed by atoms with Gasteiger partial charge in [-0.15, -0.1) is 6.58 Å². The summed E-state index contributed by atoms with van der Waals surface area (Å²) in [5, 5.41) is 3.72. The van der Waals surface area contributed by atoms with Gasteiger partial charge in [-0.25, -0.2) is 0 Å². The van der Waals surface area contributed by atoms with Crippen LogP contribution in [-0.2, 0) is 0 Å². The normalized spacial score (nSPS) is 24.4. The Morgan fingerprint density at radius 3 is 2.37 bits per heavy atom. The maximum atomic E-state index is 3.80. The summed E-state index contributed by atoms with van der Waals surface area (Å²) in [5.41, 5.74) is 0.270. The van der Waals surface area contributed by atoms with Gasteiger partial charge in [-0.05, 0) is 58.4 Å². The number of unbranched alkanes of at least 4 members (excludes halogenated alkanes) is 3. The Labute approximate surface area is 121 Å². The Balaban J connectivity index is 2.25. The zero-order chi connectivity index (χ0) is 14.1. The van der Waals surface area contributed by atoms with E-state index < -0.39 is 0 Å². The van der Waals surface area contributed by atoms with Gasteiger partial charge in [0.25, 0.3) is 0 Å². The second-order valence-corrected chi connectivity index (χ2v) is 7.36. The first-order valence-corrected chi connectivity index (χ1v) is 8.39. The molecule has 1 fully saturated rings. The van der Waals surface area contributed by atoms with Gasteiger partial charge in [-0.3, -0.25) is 0 Å². The van der Waals surface area contributed by atoms with Crippen molar-refractivity contribution in [1.29, 1.82) is 0 Å². The first-order valence-electron chi connectivity index (χ1n) is 8.39. The van der Waals surface area contributed by atoms with Crippen molar-refractivity contribution >= 4 is 0 Å². The highest BCUT2D eigenvalue weighted by molar-refractivity contribution is 4.80. The van der Waals surface area contributed by atoms with Crippen LogP contribution in [0.5, 0.6) is 0 Å². The lowest BCUT2D eigenvalue weighted by Crippen LogP contribution is -2.41. The molecule has 112 valence electrons. The van der Waals surface area contributed by atoms with E-state index in [2.05, 4.69) is 38.7 Å². The summed E-state index contributed by atoms with van der Waals surface area (Å²) in [5.74, 6) is 1.90. The number of hydrogen-bond donors (Lipinski definition) is 1. The van der Waals surface area contributed by atoms with Crippen molar-refractivity contribution in [3.05, 3.63) is 12.7 Å². The third-order valence-corrected chi connectivity index (χ3v) is 4.44. The van der Waals surface area contributed by atoms with Crippen LogP contribution in [0.2, 0.25) is 0 Å². The van der Waals surface area contributed by atoms with Crippen LogP contribution in [-0.4, -0.2) is 12.1 Å². The molecular formula is C18H35N. The van der Waals surface area contributed by atoms with Gasteiger partial charge in [0, 0.05) is 5.54 Å². The molecule has 0 radical (unpaired) electrons. The smallest absolute Gasteiger partial charge is 0.00966 e. The van der Waals surface area contributed by atoms with Crippen LogP contribution >= 0.6 is 0 Å². The predicted octanol–water partition coefficient (Wildman–Crippen LogP) is 5.32. The second kappa shape index (κ2) is 8.79. The monoisotopic (exact) mass is 265 g/mol. The van der Waals surface area contributed by atoms with Crippen LogP contribution in [0, 0.1) is 11.8 Å². The summed E-state index contributed by atoms with van der Waals surface area (Å²) in [4.78, 5) is 0. The summed E-state index contributed by atoms with van der Waals surface area (Å²) in [6, 6.07) is 0. The molecule has 1 N–H and O–H groups in total. The van der Waals surface area contributed by atoms with Crippen LogP contribution in [0.25, 0.3) is 0 Å². The molecule has 1 nitrogen and oxygen atoms in total. The summed E-state index contributed by atoms with van der Waals surface area (Å²) in [7, 11) is 0. The first kappa shape index (κ1) is 16.8. The molecule has 1 rings (SSSR count). The van der Waals surface area contributed by atoms with E-state index in [4.69, 9.17) is 0 Å². The Morgan fingerprint density at radius 2 is 1.74 bits per heavy atom. The van der Waals surface area contributed by atoms with Crippen molar-refractivity contribution in [1.82, 2.24) is 5.32 Å². The van der Waals surface area contributed by atoms with Crippen LogP contribution in [0.1, 0.15) is 78.6 Å². The SMILES string of the molecule is C=CCCCCCC1CCCCC1CNC(C)(C)C. The van der Waals surface area contributed by atoms with E-state index in [-0.39, 0.29) is 5.54 Å². The zero-order valence-corrected chi connectivity index (χ0v) is 13.5. The second-order valence-electron chi connectivity index (χ2n) is 7.36. The third kappa shape index (κ3) is 7.77. The number of hydrogen-bond acceptors (Lipinski definition) is 1. The molecule has 0 aliphatic heterocycles. The number of allylic oxidation sites excluding steroid dienone is 1. The molecule has 0 spiro atoms. The van der Waals surface area contributed by atoms with Crippen molar-refractivity contribution < 1.29 is 0 Å². The Hall–Kier alpha value is -0.300. The van der Waals surface area contributed by atoms with Gasteiger partial charge < -0.3 is 5.32 Å². The zero-order valence-electron chi connectivity index (χ0n) is 13.5. The Morgan fingerprint density at radius 1 is 1.05 bits per heavy atom. The summed E-state index contributed by atoms with van der Waals surface area (Å²) in [6.45, 7) is 11.9. The minimum absolute atomic E-state index is 0.270. The standard InChI is InChI=1S/C18H35N/c1-5-6-7-8-9-12-16-13-10-11-14-17(16)15-19-18(2,3)4/h5,16-17,19H,1,6-15H2,2-4H3. The van der Waals surface area contributed by atoms with E-state index >= 15 is 0 Å². The molecule has 2 atom stereocenters. The van der Waals surface area contributed by atoms with Gasteiger partial charge in [0.1, 0.15) is 0 Å². The molecule has 0 bridgehead atoms. The number of nitrogens with one attached hydrogen (secondary N) is 1. The lowest BCUT2D eigenvalue weighted by molar-refractivity contribution is 0.200. The van der Waals surface area contributed by atoms with Crippen molar-refractivity contribution in [2.24, 2.45) is 11.8 Å². The van der Waals surface area contributed by atoms with Gasteiger partial charge in [0.05, 0.1) is 0 Å². The average molecular weight is 265 g/mol. The third-order valence-electron chi connectivity index (χ3n) is 4.44. The molecule has 19 heavy (non-hydrogen) atoms. The molecule has 2 unspecified atom stereocenters. The van der Waals surface area contributed by atoms with E-state index in [1.165, 1.54) is 64.3 Å². The van der Waals surface area contributed by atoms with E-state index in [1.807, 2.05) is 0 Å². The first-order chi connectivity index (χ1) is 9.03. The topological polar surface area (TPSA) is 12.0 Å². The Kier molecular flexibility index (Phi) is 7.75. The molecule has 1 heteroatoms. The predicted molar refractivity (Wildman–Crippen MR) is 86.5 cm³/mol. The summed E-state index contributed by atoms with van der Waals surface area (Å²) < 4.78 is 0. The van der Waals surface area contributed by atoms with Gasteiger partial charge in [-0.1, -0.05) is 44.6 Å². The molecule has 0 aromatic heterocycles. The maximum absolute atomic E-state index is 3.80. The fourth-order valence-corrected chi connectivity index (χ4v) is 3.24. The van der Waals surface area contributed by atoms with Crippen molar-refractivity contribution in [3.63, 3.8) is 0 Å². The van der Waals surface area contributed by atoms with Gasteiger partial charge in [0.2, 0.25) is 0 Å². The molecule has 0 aromatic rings. The van der Waals surface area contributed by atoms with Crippen molar-refractivity contribution in [3.8, 4) is 0 Å². The largest absolute Gasteiger partial charge is 0.312 e. The minimum Gasteiger partial charge on any atom is -0.312 e. The summed E-state index contributed by atoms with van der Waals surface area (Å²) in [6.07, 6.45) is 14.7. The van der Waals surface area contributed by atoms with E-state index in [1.54, 1.807) is 0 Å². The number of rotatable bonds is 8. The molecule has 0 amide bonds.